The van der Waals surface area contributed by atoms with E-state index >= 15 is 0 Å². The molecule has 0 aliphatic heterocycles. The molecule has 0 amide bonds. The minimum atomic E-state index is -3.54. The van der Waals surface area contributed by atoms with Crippen LogP contribution in [0, 0.1) is 0 Å². The van der Waals surface area contributed by atoms with Crippen molar-refractivity contribution in [1.82, 2.24) is 9.71 Å². The molecule has 0 saturated carbocycles. The molecule has 2 aromatic carbocycles. The first kappa shape index (κ1) is 16.1. The topological polar surface area (TPSA) is 59.1 Å². The lowest BCUT2D eigenvalue weighted by molar-refractivity contribution is 0.581. The van der Waals surface area contributed by atoms with Crippen LogP contribution in [0.1, 0.15) is 30.5 Å². The summed E-state index contributed by atoms with van der Waals surface area (Å²) in [6, 6.07) is 12.8. The van der Waals surface area contributed by atoms with Gasteiger partial charge in [0.15, 0.2) is 0 Å². The normalized spacial score (nSPS) is 12.1. The summed E-state index contributed by atoms with van der Waals surface area (Å²) in [6.45, 7) is 4.35. The Kier molecular flexibility index (Phi) is 4.48. The lowest BCUT2D eigenvalue weighted by atomic mass is 10.1. The second-order valence-electron chi connectivity index (χ2n) is 5.65. The Morgan fingerprint density at radius 2 is 1.87 bits per heavy atom. The smallest absolute Gasteiger partial charge is 0.240 e. The first-order chi connectivity index (χ1) is 11.0. The van der Waals surface area contributed by atoms with Gasteiger partial charge in [-0.3, -0.25) is 0 Å². The zero-order chi connectivity index (χ0) is 16.4. The predicted molar refractivity (Wildman–Crippen MR) is 94.2 cm³/mol. The van der Waals surface area contributed by atoms with Gasteiger partial charge in [-0.2, -0.15) is 0 Å². The molecule has 0 radical (unpaired) electrons. The number of hydrogen-bond acceptors (Lipinski definition) is 4. The number of sulfonamides is 1. The molecule has 0 atom stereocenters. The fraction of sp³-hybridized carbons (Fsp3) is 0.235. The van der Waals surface area contributed by atoms with E-state index in [0.29, 0.717) is 5.92 Å². The van der Waals surface area contributed by atoms with Gasteiger partial charge in [0.1, 0.15) is 5.01 Å². The molecule has 6 heteroatoms. The average molecular weight is 346 g/mol. The summed E-state index contributed by atoms with van der Waals surface area (Å²) in [5.74, 6) is 0.345. The van der Waals surface area contributed by atoms with Crippen molar-refractivity contribution in [1.29, 1.82) is 0 Å². The molecule has 1 N–H and O–H groups in total. The molecule has 3 rings (SSSR count). The summed E-state index contributed by atoms with van der Waals surface area (Å²) in [5, 5.41) is 4.68. The van der Waals surface area contributed by atoms with Gasteiger partial charge < -0.3 is 0 Å². The third kappa shape index (κ3) is 3.60. The zero-order valence-electron chi connectivity index (χ0n) is 13.0. The first-order valence-corrected chi connectivity index (χ1v) is 9.75. The number of nitrogens with one attached hydrogen (secondary N) is 1. The maximum absolute atomic E-state index is 12.5. The Morgan fingerprint density at radius 1 is 1.13 bits per heavy atom. The van der Waals surface area contributed by atoms with Gasteiger partial charge in [0.2, 0.25) is 10.0 Å². The van der Waals surface area contributed by atoms with E-state index in [1.807, 2.05) is 35.7 Å². The SMILES string of the molecule is CC(C)c1csc(CNS(=O)(=O)c2ccc3ccccc3c2)n1. The van der Waals surface area contributed by atoms with E-state index in [0.717, 1.165) is 21.5 Å². The molecule has 0 aliphatic carbocycles. The minimum absolute atomic E-state index is 0.215. The van der Waals surface area contributed by atoms with Crippen molar-refractivity contribution in [3.63, 3.8) is 0 Å². The number of hydrogen-bond donors (Lipinski definition) is 1. The summed E-state index contributed by atoms with van der Waals surface area (Å²) < 4.78 is 27.5. The largest absolute Gasteiger partial charge is 0.245 e. The van der Waals surface area contributed by atoms with Crippen LogP contribution in [0.2, 0.25) is 0 Å². The van der Waals surface area contributed by atoms with Crippen LogP contribution in [0.5, 0.6) is 0 Å². The summed E-state index contributed by atoms with van der Waals surface area (Å²) in [7, 11) is -3.54. The summed E-state index contributed by atoms with van der Waals surface area (Å²) in [4.78, 5) is 4.72. The second-order valence-corrected chi connectivity index (χ2v) is 8.36. The highest BCUT2D eigenvalue weighted by Gasteiger charge is 2.15. The monoisotopic (exact) mass is 346 g/mol. The van der Waals surface area contributed by atoms with Crippen molar-refractivity contribution >= 4 is 32.1 Å². The van der Waals surface area contributed by atoms with E-state index in [9.17, 15) is 8.42 Å². The van der Waals surface area contributed by atoms with Gasteiger partial charge in [-0.1, -0.05) is 44.2 Å². The average Bonchev–Trinajstić information content (AvgIpc) is 3.02. The van der Waals surface area contributed by atoms with Gasteiger partial charge in [-0.25, -0.2) is 18.1 Å². The third-order valence-electron chi connectivity index (χ3n) is 3.61. The number of benzene rings is 2. The fourth-order valence-corrected chi connectivity index (χ4v) is 4.26. The molecular weight excluding hydrogens is 328 g/mol. The highest BCUT2D eigenvalue weighted by Crippen LogP contribution is 2.20. The Bertz CT molecular complexity index is 930. The highest BCUT2D eigenvalue weighted by molar-refractivity contribution is 7.89. The van der Waals surface area contributed by atoms with E-state index in [2.05, 4.69) is 23.6 Å². The molecule has 1 aromatic heterocycles. The maximum Gasteiger partial charge on any atom is 0.240 e. The van der Waals surface area contributed by atoms with Crippen molar-refractivity contribution in [2.24, 2.45) is 0 Å². The predicted octanol–water partition coefficient (Wildman–Crippen LogP) is 3.90. The van der Waals surface area contributed by atoms with Crippen LogP contribution in [-0.2, 0) is 16.6 Å². The molecule has 1 heterocycles. The Hall–Kier alpha value is -1.76. The number of thiazole rings is 1. The number of aromatic nitrogens is 1. The van der Waals surface area contributed by atoms with Gasteiger partial charge in [-0.15, -0.1) is 11.3 Å². The highest BCUT2D eigenvalue weighted by atomic mass is 32.2. The molecule has 0 saturated heterocycles. The lowest BCUT2D eigenvalue weighted by Gasteiger charge is -2.07. The Morgan fingerprint density at radius 3 is 2.57 bits per heavy atom. The van der Waals surface area contributed by atoms with Gasteiger partial charge >= 0.3 is 0 Å². The van der Waals surface area contributed by atoms with Crippen molar-refractivity contribution in [3.8, 4) is 0 Å². The molecule has 0 aliphatic rings. The van der Waals surface area contributed by atoms with Crippen LogP contribution in [0.3, 0.4) is 0 Å². The van der Waals surface area contributed by atoms with Crippen molar-refractivity contribution in [2.75, 3.05) is 0 Å². The van der Waals surface area contributed by atoms with Crippen molar-refractivity contribution in [2.45, 2.75) is 31.2 Å². The second kappa shape index (κ2) is 6.39. The van der Waals surface area contributed by atoms with Gasteiger partial charge in [0.05, 0.1) is 17.1 Å². The van der Waals surface area contributed by atoms with Gasteiger partial charge in [0, 0.05) is 5.38 Å². The zero-order valence-corrected chi connectivity index (χ0v) is 14.6. The Balaban J connectivity index is 1.79. The van der Waals surface area contributed by atoms with Crippen LogP contribution in [-0.4, -0.2) is 13.4 Å². The fourth-order valence-electron chi connectivity index (χ4n) is 2.25. The molecule has 4 nitrogen and oxygen atoms in total. The van der Waals surface area contributed by atoms with Gasteiger partial charge in [0.25, 0.3) is 0 Å². The van der Waals surface area contributed by atoms with Crippen LogP contribution in [0.15, 0.2) is 52.7 Å². The molecule has 120 valence electrons. The van der Waals surface area contributed by atoms with E-state index in [4.69, 9.17) is 0 Å². The molecule has 0 fully saturated rings. The molecule has 23 heavy (non-hydrogen) atoms. The Labute approximate surface area is 140 Å². The summed E-state index contributed by atoms with van der Waals surface area (Å²) >= 11 is 1.48. The molecule has 3 aromatic rings. The minimum Gasteiger partial charge on any atom is -0.245 e. The number of nitrogens with zero attached hydrogens (tertiary/aromatic N) is 1. The quantitative estimate of drug-likeness (QED) is 0.762. The molecule has 0 unspecified atom stereocenters. The van der Waals surface area contributed by atoms with Crippen LogP contribution in [0.4, 0.5) is 0 Å². The van der Waals surface area contributed by atoms with E-state index in [-0.39, 0.29) is 11.4 Å². The molecule has 0 spiro atoms. The van der Waals surface area contributed by atoms with E-state index < -0.39 is 10.0 Å². The third-order valence-corrected chi connectivity index (χ3v) is 5.87. The van der Waals surface area contributed by atoms with Crippen LogP contribution >= 0.6 is 11.3 Å². The molecular formula is C17H18N2O2S2. The number of rotatable bonds is 5. The molecule has 0 bridgehead atoms. The van der Waals surface area contributed by atoms with Crippen LogP contribution < -0.4 is 4.72 Å². The van der Waals surface area contributed by atoms with E-state index in [1.165, 1.54) is 11.3 Å². The number of fused-ring (bicyclic) bond motifs is 1. The maximum atomic E-state index is 12.5. The summed E-state index contributed by atoms with van der Waals surface area (Å²) in [6.07, 6.45) is 0. The van der Waals surface area contributed by atoms with Gasteiger partial charge in [-0.05, 0) is 28.8 Å². The van der Waals surface area contributed by atoms with E-state index in [1.54, 1.807) is 12.1 Å². The van der Waals surface area contributed by atoms with Crippen molar-refractivity contribution < 1.29 is 8.42 Å². The lowest BCUT2D eigenvalue weighted by Crippen LogP contribution is -2.23. The first-order valence-electron chi connectivity index (χ1n) is 7.38. The van der Waals surface area contributed by atoms with Crippen LogP contribution in [0.25, 0.3) is 10.8 Å². The van der Waals surface area contributed by atoms with Crippen molar-refractivity contribution in [3.05, 3.63) is 58.5 Å². The summed E-state index contributed by atoms with van der Waals surface area (Å²) in [5.41, 5.74) is 0.995. The standard InChI is InChI=1S/C17H18N2O2S2/c1-12(2)16-11-22-17(19-16)10-18-23(20,21)15-8-7-13-5-3-4-6-14(13)9-15/h3-9,11-12,18H,10H2,1-2H3.